The van der Waals surface area contributed by atoms with Gasteiger partial charge in [-0.05, 0) is 42.0 Å². The minimum atomic E-state index is 0.0449. The number of benzene rings is 2. The Labute approximate surface area is 134 Å². The number of hydrogen-bond acceptors (Lipinski definition) is 1. The summed E-state index contributed by atoms with van der Waals surface area (Å²) in [4.78, 5) is 13.1. The first kappa shape index (κ1) is 14.6. The summed E-state index contributed by atoms with van der Waals surface area (Å²) >= 11 is 3.70. The lowest BCUT2D eigenvalue weighted by Gasteiger charge is -2.25. The van der Waals surface area contributed by atoms with Gasteiger partial charge in [-0.2, -0.15) is 0 Å². The van der Waals surface area contributed by atoms with Gasteiger partial charge in [0.1, 0.15) is 0 Å². The van der Waals surface area contributed by atoms with Crippen molar-refractivity contribution >= 4 is 32.6 Å². The monoisotopic (exact) mass is 345 g/mol. The molecule has 1 amide bonds. The van der Waals surface area contributed by atoms with Gasteiger partial charge in [-0.15, -0.1) is 0 Å². The number of carbonyl (C=O) groups is 1. The topological polar surface area (TPSA) is 29.1 Å². The normalized spacial score (nSPS) is 22.1. The molecule has 1 aliphatic carbocycles. The fourth-order valence-electron chi connectivity index (χ4n) is 3.17. The van der Waals surface area contributed by atoms with Gasteiger partial charge in [0.05, 0.1) is 0 Å². The largest absolute Gasteiger partial charge is 0.352 e. The summed E-state index contributed by atoms with van der Waals surface area (Å²) in [6, 6.07) is 13.9. The fraction of sp³-hybridized carbons (Fsp3) is 0.389. The fourth-order valence-corrected chi connectivity index (χ4v) is 4.02. The van der Waals surface area contributed by atoms with E-state index in [1.165, 1.54) is 19.3 Å². The van der Waals surface area contributed by atoms with Crippen molar-refractivity contribution in [2.24, 2.45) is 5.92 Å². The quantitative estimate of drug-likeness (QED) is 0.814. The third-order valence-corrected chi connectivity index (χ3v) is 5.14. The predicted molar refractivity (Wildman–Crippen MR) is 91.0 cm³/mol. The molecular weight excluding hydrogens is 326 g/mol. The molecule has 1 aliphatic rings. The molecule has 2 aromatic carbocycles. The van der Waals surface area contributed by atoms with Gasteiger partial charge in [-0.25, -0.2) is 0 Å². The average Bonchev–Trinajstić information content (AvgIpc) is 2.52. The Morgan fingerprint density at radius 2 is 1.95 bits per heavy atom. The van der Waals surface area contributed by atoms with Crippen LogP contribution in [0.3, 0.4) is 0 Å². The summed E-state index contributed by atoms with van der Waals surface area (Å²) in [6.45, 7) is 0.782. The van der Waals surface area contributed by atoms with Gasteiger partial charge >= 0.3 is 0 Å². The third-order valence-electron chi connectivity index (χ3n) is 4.30. The maximum Gasteiger partial charge on any atom is 0.251 e. The first-order valence-corrected chi connectivity index (χ1v) is 8.55. The second-order valence-electron chi connectivity index (χ2n) is 5.87. The number of rotatable bonds is 3. The molecule has 21 heavy (non-hydrogen) atoms. The highest BCUT2D eigenvalue weighted by molar-refractivity contribution is 9.09. The Hall–Kier alpha value is -1.35. The molecule has 2 aromatic rings. The van der Waals surface area contributed by atoms with Gasteiger partial charge < -0.3 is 5.32 Å². The van der Waals surface area contributed by atoms with Crippen LogP contribution in [-0.2, 0) is 0 Å². The molecular formula is C18H20BrNO. The first-order valence-electron chi connectivity index (χ1n) is 7.64. The lowest BCUT2D eigenvalue weighted by molar-refractivity contribution is 0.0945. The number of halogens is 1. The number of nitrogens with one attached hydrogen (secondary N) is 1. The Morgan fingerprint density at radius 1 is 1.14 bits per heavy atom. The summed E-state index contributed by atoms with van der Waals surface area (Å²) in [5, 5.41) is 5.26. The molecule has 110 valence electrons. The van der Waals surface area contributed by atoms with Gasteiger partial charge in [0, 0.05) is 16.9 Å². The molecule has 3 heteroatoms. The van der Waals surface area contributed by atoms with E-state index in [9.17, 15) is 4.79 Å². The Bertz CT molecular complexity index is 635. The van der Waals surface area contributed by atoms with E-state index in [0.29, 0.717) is 10.7 Å². The van der Waals surface area contributed by atoms with Crippen LogP contribution >= 0.6 is 15.9 Å². The van der Waals surface area contributed by atoms with Crippen molar-refractivity contribution in [3.8, 4) is 0 Å². The Balaban J connectivity index is 1.69. The summed E-state index contributed by atoms with van der Waals surface area (Å²) in [5.41, 5.74) is 0.777. The molecule has 1 saturated carbocycles. The van der Waals surface area contributed by atoms with Crippen LogP contribution in [0, 0.1) is 5.92 Å². The van der Waals surface area contributed by atoms with Crippen molar-refractivity contribution in [2.45, 2.75) is 30.5 Å². The van der Waals surface area contributed by atoms with Gasteiger partial charge in [0.15, 0.2) is 0 Å². The van der Waals surface area contributed by atoms with Gasteiger partial charge in [0.2, 0.25) is 0 Å². The number of alkyl halides is 1. The second kappa shape index (κ2) is 6.61. The van der Waals surface area contributed by atoms with E-state index >= 15 is 0 Å². The SMILES string of the molecule is O=C(NCC1CCCC(Br)C1)c1cccc2ccccc12. The molecule has 0 aromatic heterocycles. The molecule has 3 rings (SSSR count). The summed E-state index contributed by atoms with van der Waals surface area (Å²) in [7, 11) is 0. The molecule has 2 nitrogen and oxygen atoms in total. The first-order chi connectivity index (χ1) is 10.2. The molecule has 0 spiro atoms. The van der Waals surface area contributed by atoms with E-state index in [2.05, 4.69) is 21.2 Å². The smallest absolute Gasteiger partial charge is 0.251 e. The van der Waals surface area contributed by atoms with Gasteiger partial charge in [-0.1, -0.05) is 58.7 Å². The zero-order valence-corrected chi connectivity index (χ0v) is 13.6. The van der Waals surface area contributed by atoms with E-state index in [-0.39, 0.29) is 5.91 Å². The number of hydrogen-bond donors (Lipinski definition) is 1. The van der Waals surface area contributed by atoms with Crippen LogP contribution in [-0.4, -0.2) is 17.3 Å². The highest BCUT2D eigenvalue weighted by atomic mass is 79.9. The molecule has 0 radical (unpaired) electrons. The maximum absolute atomic E-state index is 12.5. The van der Waals surface area contributed by atoms with Crippen molar-refractivity contribution in [1.82, 2.24) is 5.32 Å². The molecule has 2 atom stereocenters. The lowest BCUT2D eigenvalue weighted by Crippen LogP contribution is -2.32. The second-order valence-corrected chi connectivity index (χ2v) is 7.16. The minimum Gasteiger partial charge on any atom is -0.352 e. The third kappa shape index (κ3) is 3.46. The lowest BCUT2D eigenvalue weighted by atomic mass is 9.89. The van der Waals surface area contributed by atoms with E-state index in [1.807, 2.05) is 42.5 Å². The van der Waals surface area contributed by atoms with Crippen molar-refractivity contribution in [3.05, 3.63) is 48.0 Å². The van der Waals surface area contributed by atoms with Crippen LogP contribution in [0.15, 0.2) is 42.5 Å². The molecule has 0 saturated heterocycles. The molecule has 2 unspecified atom stereocenters. The van der Waals surface area contributed by atoms with Crippen LogP contribution in [0.5, 0.6) is 0 Å². The van der Waals surface area contributed by atoms with E-state index < -0.39 is 0 Å². The van der Waals surface area contributed by atoms with Crippen LogP contribution in [0.4, 0.5) is 0 Å². The molecule has 0 aliphatic heterocycles. The maximum atomic E-state index is 12.5. The highest BCUT2D eigenvalue weighted by Gasteiger charge is 2.20. The standard InChI is InChI=1S/C18H20BrNO/c19-15-8-3-5-13(11-15)12-20-18(21)17-10-4-7-14-6-1-2-9-16(14)17/h1-2,4,6-7,9-10,13,15H,3,5,8,11-12H2,(H,20,21). The zero-order chi connectivity index (χ0) is 14.7. The van der Waals surface area contributed by atoms with Crippen molar-refractivity contribution in [1.29, 1.82) is 0 Å². The van der Waals surface area contributed by atoms with E-state index in [1.54, 1.807) is 0 Å². The molecule has 0 bridgehead atoms. The van der Waals surface area contributed by atoms with Crippen LogP contribution in [0.2, 0.25) is 0 Å². The Morgan fingerprint density at radius 3 is 2.81 bits per heavy atom. The van der Waals surface area contributed by atoms with Crippen LogP contribution in [0.25, 0.3) is 10.8 Å². The predicted octanol–water partition coefficient (Wildman–Crippen LogP) is 4.52. The minimum absolute atomic E-state index is 0.0449. The van der Waals surface area contributed by atoms with Crippen LogP contribution in [0.1, 0.15) is 36.0 Å². The van der Waals surface area contributed by atoms with Crippen molar-refractivity contribution in [2.75, 3.05) is 6.54 Å². The number of fused-ring (bicyclic) bond motifs is 1. The highest BCUT2D eigenvalue weighted by Crippen LogP contribution is 2.28. The summed E-state index contributed by atoms with van der Waals surface area (Å²) in [6.07, 6.45) is 4.90. The van der Waals surface area contributed by atoms with Gasteiger partial charge in [-0.3, -0.25) is 4.79 Å². The summed E-state index contributed by atoms with van der Waals surface area (Å²) in [5.74, 6) is 0.644. The molecule has 1 fully saturated rings. The van der Waals surface area contributed by atoms with E-state index in [0.717, 1.165) is 29.3 Å². The molecule has 0 heterocycles. The van der Waals surface area contributed by atoms with Crippen molar-refractivity contribution < 1.29 is 4.79 Å². The van der Waals surface area contributed by atoms with Crippen molar-refractivity contribution in [3.63, 3.8) is 0 Å². The Kier molecular flexibility index (Phi) is 4.59. The summed E-state index contributed by atoms with van der Waals surface area (Å²) < 4.78 is 0. The zero-order valence-electron chi connectivity index (χ0n) is 12.0. The van der Waals surface area contributed by atoms with E-state index in [4.69, 9.17) is 0 Å². The average molecular weight is 346 g/mol. The number of carbonyl (C=O) groups excluding carboxylic acids is 1. The molecule has 1 N–H and O–H groups in total. The number of amides is 1. The van der Waals surface area contributed by atoms with Crippen LogP contribution < -0.4 is 5.32 Å². The van der Waals surface area contributed by atoms with Gasteiger partial charge in [0.25, 0.3) is 5.91 Å².